The van der Waals surface area contributed by atoms with Crippen LogP contribution >= 0.6 is 0 Å². The van der Waals surface area contributed by atoms with Crippen LogP contribution in [0.2, 0.25) is 0 Å². The molecular weight excluding hydrogens is 263 g/mol. The number of rotatable bonds is 4. The van der Waals surface area contributed by atoms with E-state index in [0.29, 0.717) is 0 Å². The molecule has 94 valence electrons. The Balaban J connectivity index is 0. The van der Waals surface area contributed by atoms with E-state index in [2.05, 4.69) is 4.18 Å². The molecular formula is C4H6F6LiNO3S. The summed E-state index contributed by atoms with van der Waals surface area (Å²) in [5, 5.41) is 0. The molecule has 0 saturated heterocycles. The molecule has 0 fully saturated rings. The predicted octanol–water partition coefficient (Wildman–Crippen LogP) is 0.314. The van der Waals surface area contributed by atoms with Crippen LogP contribution in [0.25, 0.3) is 0 Å². The molecule has 0 spiro atoms. The van der Waals surface area contributed by atoms with Gasteiger partial charge in [-0.15, -0.1) is 0 Å². The van der Waals surface area contributed by atoms with Crippen molar-refractivity contribution in [2.75, 3.05) is 13.2 Å². The van der Waals surface area contributed by atoms with E-state index < -0.39 is 35.8 Å². The molecule has 0 aromatic heterocycles. The summed E-state index contributed by atoms with van der Waals surface area (Å²) in [6, 6.07) is 0. The number of halogens is 6. The molecule has 0 amide bonds. The molecule has 0 unspecified atom stereocenters. The van der Waals surface area contributed by atoms with Gasteiger partial charge in [0.2, 0.25) is 0 Å². The predicted molar refractivity (Wildman–Crippen MR) is 42.1 cm³/mol. The molecule has 0 bridgehead atoms. The Bertz CT molecular complexity index is 274. The molecule has 0 radical (unpaired) electrons. The van der Waals surface area contributed by atoms with Gasteiger partial charge in [-0.05, 0) is 0 Å². The van der Waals surface area contributed by atoms with Crippen LogP contribution in [0.1, 0.15) is 0 Å². The zero-order chi connectivity index (χ0) is 12.3. The number of hydrogen-bond donors (Lipinski definition) is 1. The van der Waals surface area contributed by atoms with E-state index in [4.69, 9.17) is 0 Å². The van der Waals surface area contributed by atoms with Crippen molar-refractivity contribution in [1.29, 1.82) is 0 Å². The van der Waals surface area contributed by atoms with Crippen molar-refractivity contribution in [2.24, 2.45) is 0 Å². The number of hydrogen-bond acceptors (Lipinski definition) is 3. The maximum absolute atomic E-state index is 11.5. The van der Waals surface area contributed by atoms with Crippen molar-refractivity contribution >= 4 is 29.2 Å². The fourth-order valence-corrected chi connectivity index (χ4v) is 1.07. The fourth-order valence-electron chi connectivity index (χ4n) is 0.356. The van der Waals surface area contributed by atoms with Gasteiger partial charge in [0.05, 0.1) is 0 Å². The summed E-state index contributed by atoms with van der Waals surface area (Å²) >= 11 is 0. The normalized spacial score (nSPS) is 13.4. The molecule has 0 aliphatic heterocycles. The molecule has 1 N–H and O–H groups in total. The van der Waals surface area contributed by atoms with E-state index >= 15 is 0 Å². The first-order chi connectivity index (χ1) is 6.41. The quantitative estimate of drug-likeness (QED) is 0.590. The maximum atomic E-state index is 11.5. The second kappa shape index (κ2) is 6.11. The molecule has 12 heteroatoms. The minimum atomic E-state index is -5.04. The summed E-state index contributed by atoms with van der Waals surface area (Å²) < 4.78 is 93.4. The first-order valence-corrected chi connectivity index (χ1v) is 4.60. The monoisotopic (exact) mass is 269 g/mol. The average Bonchev–Trinajstić information content (AvgIpc) is 1.96. The van der Waals surface area contributed by atoms with E-state index in [1.54, 1.807) is 0 Å². The van der Waals surface area contributed by atoms with Crippen LogP contribution in [-0.2, 0) is 14.5 Å². The standard InChI is InChI=1S/C4H5F6NO3S.Li.H/c5-3(6,7)1-11-15(12,13)14-2-4(8,9)10;;/h11H,1-2H2;;. The van der Waals surface area contributed by atoms with Crippen molar-refractivity contribution in [1.82, 2.24) is 4.72 Å². The third kappa shape index (κ3) is 12.1. The first-order valence-electron chi connectivity index (χ1n) is 3.19. The van der Waals surface area contributed by atoms with Gasteiger partial charge in [-0.2, -0.15) is 39.5 Å². The van der Waals surface area contributed by atoms with Gasteiger partial charge in [0.15, 0.2) is 6.61 Å². The zero-order valence-electron chi connectivity index (χ0n) is 6.81. The van der Waals surface area contributed by atoms with Crippen LogP contribution in [0.15, 0.2) is 0 Å². The van der Waals surface area contributed by atoms with Crippen LogP contribution in [0, 0.1) is 0 Å². The Kier molecular flexibility index (Phi) is 7.03. The molecule has 0 atom stereocenters. The van der Waals surface area contributed by atoms with E-state index in [9.17, 15) is 34.8 Å². The Hall–Kier alpha value is 0.0474. The van der Waals surface area contributed by atoms with Crippen LogP contribution < -0.4 is 4.72 Å². The topological polar surface area (TPSA) is 55.4 Å². The zero-order valence-corrected chi connectivity index (χ0v) is 7.63. The second-order valence-electron chi connectivity index (χ2n) is 2.27. The summed E-state index contributed by atoms with van der Waals surface area (Å²) in [6.07, 6.45) is -9.80. The first kappa shape index (κ1) is 18.4. The molecule has 0 aromatic carbocycles. The molecule has 0 aliphatic rings. The van der Waals surface area contributed by atoms with Crippen LogP contribution in [-0.4, -0.2) is 52.8 Å². The van der Waals surface area contributed by atoms with Crippen molar-refractivity contribution in [3.05, 3.63) is 0 Å². The third-order valence-corrected chi connectivity index (χ3v) is 1.75. The summed E-state index contributed by atoms with van der Waals surface area (Å²) in [7, 11) is -5.04. The molecule has 0 rings (SSSR count). The number of alkyl halides is 6. The van der Waals surface area contributed by atoms with Gasteiger partial charge in [0.25, 0.3) is 0 Å². The molecule has 16 heavy (non-hydrogen) atoms. The van der Waals surface area contributed by atoms with E-state index in [1.165, 1.54) is 0 Å². The van der Waals surface area contributed by atoms with Crippen molar-refractivity contribution in [2.45, 2.75) is 12.4 Å². The van der Waals surface area contributed by atoms with Gasteiger partial charge >= 0.3 is 41.5 Å². The summed E-state index contributed by atoms with van der Waals surface area (Å²) in [6.45, 7) is -4.17. The Morgan fingerprint density at radius 3 is 1.75 bits per heavy atom. The second-order valence-corrected chi connectivity index (χ2v) is 3.70. The number of nitrogens with one attached hydrogen (secondary N) is 1. The molecule has 0 saturated carbocycles. The van der Waals surface area contributed by atoms with E-state index in [0.717, 1.165) is 4.72 Å². The van der Waals surface area contributed by atoms with Gasteiger partial charge in [-0.1, -0.05) is 0 Å². The molecule has 0 heterocycles. The van der Waals surface area contributed by atoms with Gasteiger partial charge in [-0.25, -0.2) is 4.18 Å². The van der Waals surface area contributed by atoms with Crippen molar-refractivity contribution in [3.63, 3.8) is 0 Å². The molecule has 0 aromatic rings. The van der Waals surface area contributed by atoms with Crippen LogP contribution in [0.4, 0.5) is 26.3 Å². The van der Waals surface area contributed by atoms with Gasteiger partial charge < -0.3 is 0 Å². The van der Waals surface area contributed by atoms with Crippen LogP contribution in [0.5, 0.6) is 0 Å². The fraction of sp³-hybridized carbons (Fsp3) is 1.00. The van der Waals surface area contributed by atoms with Gasteiger partial charge in [-0.3, -0.25) is 0 Å². The van der Waals surface area contributed by atoms with E-state index in [1.807, 2.05) is 0 Å². The Morgan fingerprint density at radius 2 is 1.44 bits per heavy atom. The SMILES string of the molecule is O=S(=O)(NCC(F)(F)F)OCC(F)(F)F.[LiH]. The summed E-state index contributed by atoms with van der Waals surface area (Å²) in [5.74, 6) is 0. The molecule has 4 nitrogen and oxygen atoms in total. The summed E-state index contributed by atoms with van der Waals surface area (Å²) in [5.41, 5.74) is 0. The average molecular weight is 269 g/mol. The van der Waals surface area contributed by atoms with Gasteiger partial charge in [0.1, 0.15) is 6.54 Å². The van der Waals surface area contributed by atoms with E-state index in [-0.39, 0.29) is 18.9 Å². The van der Waals surface area contributed by atoms with Gasteiger partial charge in [0, 0.05) is 0 Å². The van der Waals surface area contributed by atoms with Crippen molar-refractivity contribution in [3.8, 4) is 0 Å². The van der Waals surface area contributed by atoms with Crippen molar-refractivity contribution < 1.29 is 38.9 Å². The summed E-state index contributed by atoms with van der Waals surface area (Å²) in [4.78, 5) is 0. The van der Waals surface area contributed by atoms with Crippen LogP contribution in [0.3, 0.4) is 0 Å². The third-order valence-electron chi connectivity index (χ3n) is 0.827. The Labute approximate surface area is 98.8 Å². The Morgan fingerprint density at radius 1 is 1.00 bits per heavy atom. The molecule has 0 aliphatic carbocycles. The minimum absolute atomic E-state index is 0.